The van der Waals surface area contributed by atoms with Gasteiger partial charge in [-0.25, -0.2) is 0 Å². The van der Waals surface area contributed by atoms with Crippen molar-refractivity contribution in [1.29, 1.82) is 0 Å². The zero-order chi connectivity index (χ0) is 9.03. The Morgan fingerprint density at radius 3 is 2.08 bits per heavy atom. The molecule has 0 unspecified atom stereocenters. The van der Waals surface area contributed by atoms with Gasteiger partial charge in [0.1, 0.15) is 0 Å². The van der Waals surface area contributed by atoms with Crippen LogP contribution in [0, 0.1) is 0 Å². The zero-order valence-corrected chi connectivity index (χ0v) is 11.7. The van der Waals surface area contributed by atoms with E-state index in [1.54, 1.807) is 0 Å². The molecule has 13 heavy (non-hydrogen) atoms. The number of hydrogen-bond acceptors (Lipinski definition) is 1. The van der Waals surface area contributed by atoms with Gasteiger partial charge in [0, 0.05) is 0 Å². The minimum atomic E-state index is -0.880. The van der Waals surface area contributed by atoms with Crippen LogP contribution in [0.4, 0.5) is 0 Å². The summed E-state index contributed by atoms with van der Waals surface area (Å²) in [5.74, 6) is 0. The first-order chi connectivity index (χ1) is 5.58. The van der Waals surface area contributed by atoms with E-state index in [-0.39, 0.29) is 11.1 Å². The first-order valence-electron chi connectivity index (χ1n) is 4.02. The Kier molecular flexibility index (Phi) is 5.70. The molecule has 3 heteroatoms. The molecule has 0 aliphatic rings. The van der Waals surface area contributed by atoms with Crippen molar-refractivity contribution < 1.29 is 8.29 Å². The van der Waals surface area contributed by atoms with Gasteiger partial charge in [0.2, 0.25) is 0 Å². The van der Waals surface area contributed by atoms with Gasteiger partial charge in [-0.1, -0.05) is 0 Å². The first kappa shape index (κ1) is 13.0. The number of benzene rings is 1. The third kappa shape index (κ3) is 6.14. The Morgan fingerprint density at radius 2 is 1.62 bits per heavy atom. The second kappa shape index (κ2) is 5.69. The van der Waals surface area contributed by atoms with Gasteiger partial charge in [0.25, 0.3) is 0 Å². The monoisotopic (exact) mass is 377 g/mol. The molecule has 1 aromatic rings. The molecular weight excluding hydrogens is 361 g/mol. The summed E-state index contributed by atoms with van der Waals surface area (Å²) >= 11 is -0.880. The summed E-state index contributed by atoms with van der Waals surface area (Å²) in [6.07, 6.45) is 0. The summed E-state index contributed by atoms with van der Waals surface area (Å²) < 4.78 is 7.21. The zero-order valence-electron chi connectivity index (χ0n) is 8.24. The summed E-state index contributed by atoms with van der Waals surface area (Å²) in [5, 5.41) is 0. The van der Waals surface area contributed by atoms with Crippen molar-refractivity contribution in [2.24, 2.45) is 0 Å². The molecule has 0 aromatic heterocycles. The van der Waals surface area contributed by atoms with E-state index < -0.39 is 23.7 Å². The second-order valence-electron chi connectivity index (χ2n) is 3.63. The summed E-state index contributed by atoms with van der Waals surface area (Å²) in [6.45, 7) is 6.33. The fraction of sp³-hybridized carbons (Fsp3) is 0.400. The van der Waals surface area contributed by atoms with E-state index in [4.69, 9.17) is 2.81 Å². The first-order valence-corrected chi connectivity index (χ1v) is 7.18. The predicted molar refractivity (Wildman–Crippen MR) is 56.3 cm³/mol. The van der Waals surface area contributed by atoms with Gasteiger partial charge in [-0.3, -0.25) is 0 Å². The van der Waals surface area contributed by atoms with Crippen molar-refractivity contribution in [3.8, 4) is 0 Å². The smallest absolute Gasteiger partial charge is 0.412 e. The standard InChI is InChI=1S/C6H5.C4H9O.Bi.H2O/c1-2-4-6-5-3-1;1-4(2,3)5;;/h1-5H;1-3H3;;1H2/q;-1;+1;. The average Bonchev–Trinajstić information content (AvgIpc) is 2.02. The number of hydrogen-bond donors (Lipinski definition) is 0. The van der Waals surface area contributed by atoms with Crippen molar-refractivity contribution >= 4 is 26.9 Å². The Morgan fingerprint density at radius 1 is 1.08 bits per heavy atom. The summed E-state index contributed by atoms with van der Waals surface area (Å²) in [6, 6.07) is 10.5. The molecule has 1 rings (SSSR count). The maximum Gasteiger partial charge on any atom is -0.412 e. The van der Waals surface area contributed by atoms with Crippen LogP contribution < -0.4 is 3.27 Å². The van der Waals surface area contributed by atoms with Gasteiger partial charge in [0.05, 0.1) is 0 Å². The Labute approximate surface area is 91.8 Å². The molecule has 0 heterocycles. The van der Waals surface area contributed by atoms with E-state index in [9.17, 15) is 0 Å². The molecule has 2 nitrogen and oxygen atoms in total. The minimum absolute atomic E-state index is 0. The number of rotatable bonds is 2. The summed E-state index contributed by atoms with van der Waals surface area (Å²) in [5.41, 5.74) is 0.0345. The molecule has 0 amide bonds. The van der Waals surface area contributed by atoms with Crippen molar-refractivity contribution in [1.82, 2.24) is 0 Å². The van der Waals surface area contributed by atoms with Crippen molar-refractivity contribution in [2.45, 2.75) is 26.4 Å². The van der Waals surface area contributed by atoms with Gasteiger partial charge in [-0.2, -0.15) is 0 Å². The largest absolute Gasteiger partial charge is 0.412 e. The van der Waals surface area contributed by atoms with Crippen LogP contribution in [-0.4, -0.2) is 34.8 Å². The van der Waals surface area contributed by atoms with Crippen molar-refractivity contribution in [3.05, 3.63) is 30.3 Å². The molecule has 0 saturated carbocycles. The molecule has 0 aliphatic heterocycles. The molecule has 0 saturated heterocycles. The topological polar surface area (TPSA) is 40.7 Å². The van der Waals surface area contributed by atoms with E-state index >= 15 is 0 Å². The molecule has 1 aromatic carbocycles. The van der Waals surface area contributed by atoms with Crippen LogP contribution in [0.2, 0.25) is 0 Å². The second-order valence-corrected chi connectivity index (χ2v) is 7.06. The SMILES string of the molecule is CC(C)(C)[O][Bi][c]1ccccc1.O. The maximum absolute atomic E-state index is 5.80. The molecule has 0 aliphatic carbocycles. The summed E-state index contributed by atoms with van der Waals surface area (Å²) in [4.78, 5) is 0. The van der Waals surface area contributed by atoms with E-state index in [1.807, 2.05) is 6.07 Å². The van der Waals surface area contributed by atoms with Crippen LogP contribution in [0.1, 0.15) is 20.8 Å². The van der Waals surface area contributed by atoms with E-state index in [0.717, 1.165) is 0 Å². The van der Waals surface area contributed by atoms with Gasteiger partial charge < -0.3 is 5.48 Å². The van der Waals surface area contributed by atoms with Gasteiger partial charge in [-0.15, -0.1) is 0 Å². The van der Waals surface area contributed by atoms with E-state index in [1.165, 1.54) is 3.27 Å². The van der Waals surface area contributed by atoms with Crippen LogP contribution in [0.5, 0.6) is 0 Å². The normalized spacial score (nSPS) is 10.7. The van der Waals surface area contributed by atoms with Crippen LogP contribution in [0.25, 0.3) is 0 Å². The fourth-order valence-corrected chi connectivity index (χ4v) is 3.30. The Hall–Kier alpha value is 0.0231. The van der Waals surface area contributed by atoms with E-state index in [0.29, 0.717) is 0 Å². The molecule has 0 fully saturated rings. The minimum Gasteiger partial charge on any atom is -0.412 e. The molecule has 73 valence electrons. The van der Waals surface area contributed by atoms with Crippen LogP contribution in [0.15, 0.2) is 30.3 Å². The molecular formula is C10H16BiO2. The average molecular weight is 377 g/mol. The quantitative estimate of drug-likeness (QED) is 0.707. The third-order valence-corrected chi connectivity index (χ3v) is 5.64. The summed E-state index contributed by atoms with van der Waals surface area (Å²) in [7, 11) is 0. The van der Waals surface area contributed by atoms with Gasteiger partial charge in [-0.05, 0) is 0 Å². The van der Waals surface area contributed by atoms with Gasteiger partial charge >= 0.3 is 86.5 Å². The van der Waals surface area contributed by atoms with Crippen LogP contribution in [-0.2, 0) is 2.81 Å². The molecule has 0 atom stereocenters. The van der Waals surface area contributed by atoms with E-state index in [2.05, 4.69) is 45.0 Å². The molecule has 1 radical (unpaired) electrons. The molecule has 0 bridgehead atoms. The van der Waals surface area contributed by atoms with Crippen molar-refractivity contribution in [2.75, 3.05) is 0 Å². The van der Waals surface area contributed by atoms with Crippen LogP contribution in [0.3, 0.4) is 0 Å². The van der Waals surface area contributed by atoms with Crippen LogP contribution >= 0.6 is 0 Å². The third-order valence-electron chi connectivity index (χ3n) is 1.18. The fourth-order valence-electron chi connectivity index (χ4n) is 0.678. The van der Waals surface area contributed by atoms with Crippen molar-refractivity contribution in [3.63, 3.8) is 0 Å². The molecule has 0 spiro atoms. The Bertz CT molecular complexity index is 228. The maximum atomic E-state index is 5.80. The predicted octanol–water partition coefficient (Wildman–Crippen LogP) is 0.921. The van der Waals surface area contributed by atoms with Gasteiger partial charge in [0.15, 0.2) is 0 Å². The Balaban J connectivity index is 0.00000144. The molecule has 2 N–H and O–H groups in total.